The Balaban J connectivity index is 1.82. The van der Waals surface area contributed by atoms with Gasteiger partial charge in [-0.3, -0.25) is 0 Å². The van der Waals surface area contributed by atoms with E-state index in [0.29, 0.717) is 0 Å². The molecule has 0 aliphatic heterocycles. The molecule has 0 aliphatic carbocycles. The Labute approximate surface area is 128 Å². The van der Waals surface area contributed by atoms with Gasteiger partial charge in [0.15, 0.2) is 0 Å². The molecule has 0 aliphatic rings. The fraction of sp³-hybridized carbons (Fsp3) is 0.0667. The average Bonchev–Trinajstić information content (AvgIpc) is 2.81. The van der Waals surface area contributed by atoms with E-state index in [1.54, 1.807) is 0 Å². The van der Waals surface area contributed by atoms with Crippen molar-refractivity contribution in [3.05, 3.63) is 63.2 Å². The molecule has 0 saturated heterocycles. The number of hydrogen-bond donors (Lipinski definition) is 1. The molecule has 96 valence electrons. The number of anilines is 1. The van der Waals surface area contributed by atoms with E-state index >= 15 is 0 Å². The first kappa shape index (κ1) is 12.8. The van der Waals surface area contributed by atoms with Crippen molar-refractivity contribution in [1.29, 1.82) is 0 Å². The Hall–Kier alpha value is -1.26. The zero-order chi connectivity index (χ0) is 13.2. The van der Waals surface area contributed by atoms with Gasteiger partial charge in [0.1, 0.15) is 5.58 Å². The van der Waals surface area contributed by atoms with Crippen LogP contribution < -0.4 is 5.32 Å². The van der Waals surface area contributed by atoms with Crippen molar-refractivity contribution < 1.29 is 4.42 Å². The number of nitrogens with one attached hydrogen (secondary N) is 1. The number of fused-ring (bicyclic) bond motifs is 1. The fourth-order valence-corrected chi connectivity index (χ4v) is 3.18. The quantitative estimate of drug-likeness (QED) is 0.642. The van der Waals surface area contributed by atoms with Gasteiger partial charge in [-0.2, -0.15) is 0 Å². The largest absolute Gasteiger partial charge is 0.464 e. The van der Waals surface area contributed by atoms with Crippen LogP contribution >= 0.6 is 31.9 Å². The summed E-state index contributed by atoms with van der Waals surface area (Å²) >= 11 is 6.99. The molecule has 0 fully saturated rings. The van der Waals surface area contributed by atoms with Crippen LogP contribution in [0.1, 0.15) is 5.56 Å². The van der Waals surface area contributed by atoms with Crippen molar-refractivity contribution >= 4 is 48.5 Å². The van der Waals surface area contributed by atoms with E-state index in [4.69, 9.17) is 4.42 Å². The van der Waals surface area contributed by atoms with E-state index in [1.807, 2.05) is 42.7 Å². The van der Waals surface area contributed by atoms with E-state index in [-0.39, 0.29) is 0 Å². The zero-order valence-electron chi connectivity index (χ0n) is 9.99. The molecule has 0 saturated carbocycles. The number of benzene rings is 2. The summed E-state index contributed by atoms with van der Waals surface area (Å²) in [6.45, 7) is 0.733. The second-order valence-corrected chi connectivity index (χ2v) is 6.00. The van der Waals surface area contributed by atoms with E-state index < -0.39 is 0 Å². The normalized spacial score (nSPS) is 10.8. The standard InChI is InChI=1S/C15H11Br2NO/c16-11-5-6-14(13(17)7-11)18-8-10-9-19-15-4-2-1-3-12(10)15/h1-7,9,18H,8H2. The molecule has 4 heteroatoms. The molecule has 1 N–H and O–H groups in total. The van der Waals surface area contributed by atoms with Crippen LogP contribution in [0, 0.1) is 0 Å². The van der Waals surface area contributed by atoms with Crippen molar-refractivity contribution in [2.45, 2.75) is 6.54 Å². The van der Waals surface area contributed by atoms with Crippen molar-refractivity contribution in [3.8, 4) is 0 Å². The van der Waals surface area contributed by atoms with Gasteiger partial charge >= 0.3 is 0 Å². The van der Waals surface area contributed by atoms with Gasteiger partial charge < -0.3 is 9.73 Å². The minimum absolute atomic E-state index is 0.733. The lowest BCUT2D eigenvalue weighted by atomic mass is 10.2. The molecular weight excluding hydrogens is 370 g/mol. The Morgan fingerprint density at radius 2 is 1.89 bits per heavy atom. The number of rotatable bonds is 3. The van der Waals surface area contributed by atoms with Crippen LogP contribution in [0.5, 0.6) is 0 Å². The fourth-order valence-electron chi connectivity index (χ4n) is 1.99. The molecule has 2 nitrogen and oxygen atoms in total. The molecule has 0 atom stereocenters. The molecule has 0 bridgehead atoms. The maximum Gasteiger partial charge on any atom is 0.134 e. The molecule has 19 heavy (non-hydrogen) atoms. The minimum Gasteiger partial charge on any atom is -0.464 e. The lowest BCUT2D eigenvalue weighted by Gasteiger charge is -2.08. The van der Waals surface area contributed by atoms with E-state index in [9.17, 15) is 0 Å². The summed E-state index contributed by atoms with van der Waals surface area (Å²) in [5.74, 6) is 0. The van der Waals surface area contributed by atoms with Crippen molar-refractivity contribution in [3.63, 3.8) is 0 Å². The lowest BCUT2D eigenvalue weighted by Crippen LogP contribution is -1.99. The van der Waals surface area contributed by atoms with Crippen molar-refractivity contribution in [2.75, 3.05) is 5.32 Å². The van der Waals surface area contributed by atoms with Gasteiger partial charge in [-0.15, -0.1) is 0 Å². The van der Waals surface area contributed by atoms with Crippen LogP contribution in [-0.4, -0.2) is 0 Å². The molecule has 3 aromatic rings. The summed E-state index contributed by atoms with van der Waals surface area (Å²) in [6.07, 6.45) is 1.81. The molecule has 1 aromatic heterocycles. The summed E-state index contributed by atoms with van der Waals surface area (Å²) in [6, 6.07) is 14.1. The van der Waals surface area contributed by atoms with Gasteiger partial charge in [-0.25, -0.2) is 0 Å². The summed E-state index contributed by atoms with van der Waals surface area (Å²) in [7, 11) is 0. The molecule has 0 spiro atoms. The smallest absolute Gasteiger partial charge is 0.134 e. The third-order valence-electron chi connectivity index (χ3n) is 2.96. The second-order valence-electron chi connectivity index (χ2n) is 4.23. The van der Waals surface area contributed by atoms with Gasteiger partial charge in [0.25, 0.3) is 0 Å². The summed E-state index contributed by atoms with van der Waals surface area (Å²) in [5, 5.41) is 4.56. The van der Waals surface area contributed by atoms with Crippen LogP contribution in [0.3, 0.4) is 0 Å². The number of para-hydroxylation sites is 1. The van der Waals surface area contributed by atoms with E-state index in [0.717, 1.165) is 37.7 Å². The molecule has 2 aromatic carbocycles. The first-order valence-corrected chi connectivity index (χ1v) is 7.46. The highest BCUT2D eigenvalue weighted by molar-refractivity contribution is 9.11. The van der Waals surface area contributed by atoms with Crippen LogP contribution in [0.4, 0.5) is 5.69 Å². The molecule has 1 heterocycles. The Morgan fingerprint density at radius 3 is 2.74 bits per heavy atom. The first-order valence-electron chi connectivity index (χ1n) is 5.88. The SMILES string of the molecule is Brc1ccc(NCc2coc3ccccc23)c(Br)c1. The van der Waals surface area contributed by atoms with Crippen molar-refractivity contribution in [2.24, 2.45) is 0 Å². The monoisotopic (exact) mass is 379 g/mol. The van der Waals surface area contributed by atoms with Crippen LogP contribution in [0.2, 0.25) is 0 Å². The van der Waals surface area contributed by atoms with Gasteiger partial charge in [-0.05, 0) is 40.2 Å². The van der Waals surface area contributed by atoms with Gasteiger partial charge in [0.2, 0.25) is 0 Å². The summed E-state index contributed by atoms with van der Waals surface area (Å²) in [5.41, 5.74) is 3.15. The van der Waals surface area contributed by atoms with Crippen molar-refractivity contribution in [1.82, 2.24) is 0 Å². The highest BCUT2D eigenvalue weighted by Crippen LogP contribution is 2.27. The molecule has 0 radical (unpaired) electrons. The Bertz CT molecular complexity index is 721. The molecule has 0 unspecified atom stereocenters. The second kappa shape index (κ2) is 5.39. The first-order chi connectivity index (χ1) is 9.24. The highest BCUT2D eigenvalue weighted by atomic mass is 79.9. The minimum atomic E-state index is 0.733. The van der Waals surface area contributed by atoms with Gasteiger partial charge in [-0.1, -0.05) is 34.1 Å². The van der Waals surface area contributed by atoms with Crippen LogP contribution in [0.25, 0.3) is 11.0 Å². The predicted molar refractivity (Wildman–Crippen MR) is 85.4 cm³/mol. The third-order valence-corrected chi connectivity index (χ3v) is 4.11. The van der Waals surface area contributed by atoms with Gasteiger partial charge in [0.05, 0.1) is 6.26 Å². The number of furan rings is 1. The number of hydrogen-bond acceptors (Lipinski definition) is 2. The molecule has 3 rings (SSSR count). The van der Waals surface area contributed by atoms with E-state index in [2.05, 4.69) is 43.2 Å². The highest BCUT2D eigenvalue weighted by Gasteiger charge is 2.06. The Morgan fingerprint density at radius 1 is 1.05 bits per heavy atom. The topological polar surface area (TPSA) is 25.2 Å². The van der Waals surface area contributed by atoms with E-state index in [1.165, 1.54) is 0 Å². The average molecular weight is 381 g/mol. The lowest BCUT2D eigenvalue weighted by molar-refractivity contribution is 0.611. The van der Waals surface area contributed by atoms with Crippen LogP contribution in [-0.2, 0) is 6.54 Å². The maximum atomic E-state index is 5.53. The maximum absolute atomic E-state index is 5.53. The predicted octanol–water partition coefficient (Wildman–Crippen LogP) is 5.57. The van der Waals surface area contributed by atoms with Gasteiger partial charge in [0, 0.05) is 32.1 Å². The van der Waals surface area contributed by atoms with Crippen LogP contribution in [0.15, 0.2) is 62.1 Å². The number of halogens is 2. The molecular formula is C15H11Br2NO. The third kappa shape index (κ3) is 2.69. The molecule has 0 amide bonds. The zero-order valence-corrected chi connectivity index (χ0v) is 13.2. The summed E-state index contributed by atoms with van der Waals surface area (Å²) in [4.78, 5) is 0. The Kier molecular flexibility index (Phi) is 3.62. The summed E-state index contributed by atoms with van der Waals surface area (Å²) < 4.78 is 7.62.